The molecule has 0 aromatic carbocycles. The van der Waals surface area contributed by atoms with Gasteiger partial charge >= 0.3 is 11.9 Å². The van der Waals surface area contributed by atoms with Gasteiger partial charge in [-0.15, -0.1) is 0 Å². The molecule has 0 heterocycles. The van der Waals surface area contributed by atoms with Crippen LogP contribution < -0.4 is 0 Å². The van der Waals surface area contributed by atoms with E-state index in [2.05, 4.69) is 81.5 Å². The van der Waals surface area contributed by atoms with E-state index in [1.807, 2.05) is 0 Å². The van der Waals surface area contributed by atoms with E-state index in [0.717, 1.165) is 70.6 Å². The minimum atomic E-state index is -0.553. The Morgan fingerprint density at radius 1 is 0.314 bits per heavy atom. The van der Waals surface area contributed by atoms with Gasteiger partial charge in [0.25, 0.3) is 0 Å². The van der Waals surface area contributed by atoms with E-state index >= 15 is 0 Å². The lowest BCUT2D eigenvalue weighted by Crippen LogP contribution is -2.30. The molecule has 0 aromatic heterocycles. The molecular formula is C65H118O5. The smallest absolute Gasteiger partial charge is 0.306 e. The number of hydrogen-bond acceptors (Lipinski definition) is 5. The Kier molecular flexibility index (Phi) is 58.8. The van der Waals surface area contributed by atoms with Gasteiger partial charge in [-0.25, -0.2) is 0 Å². The van der Waals surface area contributed by atoms with E-state index in [1.54, 1.807) is 0 Å². The minimum Gasteiger partial charge on any atom is -0.462 e. The van der Waals surface area contributed by atoms with Gasteiger partial charge in [0, 0.05) is 19.4 Å². The molecule has 0 aliphatic carbocycles. The number of hydrogen-bond donors (Lipinski definition) is 0. The summed E-state index contributed by atoms with van der Waals surface area (Å²) in [5.41, 5.74) is 0. The normalized spacial score (nSPS) is 12.6. The van der Waals surface area contributed by atoms with Crippen LogP contribution >= 0.6 is 0 Å². The highest BCUT2D eigenvalue weighted by Crippen LogP contribution is 2.16. The first-order chi connectivity index (χ1) is 34.6. The molecule has 5 heteroatoms. The highest BCUT2D eigenvalue weighted by molar-refractivity contribution is 5.70. The molecule has 0 aliphatic rings. The van der Waals surface area contributed by atoms with E-state index in [1.165, 1.54) is 212 Å². The third kappa shape index (κ3) is 58.2. The summed E-state index contributed by atoms with van der Waals surface area (Å²) in [5, 5.41) is 0. The van der Waals surface area contributed by atoms with E-state index in [4.69, 9.17) is 14.2 Å². The van der Waals surface area contributed by atoms with Crippen molar-refractivity contribution in [2.75, 3.05) is 19.8 Å². The third-order valence-corrected chi connectivity index (χ3v) is 13.5. The number of carbonyl (C=O) groups excluding carboxylic acids is 2. The van der Waals surface area contributed by atoms with Gasteiger partial charge in [-0.05, 0) is 89.9 Å². The maximum absolute atomic E-state index is 12.9. The molecule has 5 nitrogen and oxygen atoms in total. The second-order valence-corrected chi connectivity index (χ2v) is 20.6. The van der Waals surface area contributed by atoms with Crippen LogP contribution in [0.4, 0.5) is 0 Å². The maximum atomic E-state index is 12.9. The van der Waals surface area contributed by atoms with Crippen molar-refractivity contribution in [2.45, 2.75) is 322 Å². The van der Waals surface area contributed by atoms with Crippen LogP contribution in [0.1, 0.15) is 316 Å². The quantitative estimate of drug-likeness (QED) is 0.0345. The molecule has 0 N–H and O–H groups in total. The largest absolute Gasteiger partial charge is 0.462 e. The Morgan fingerprint density at radius 3 is 1.01 bits per heavy atom. The Hall–Kier alpha value is -2.40. The van der Waals surface area contributed by atoms with E-state index in [9.17, 15) is 9.59 Å². The molecule has 70 heavy (non-hydrogen) atoms. The SMILES string of the molecule is CCCCC/C=C\C/C=C\C/C=C\C/C=C\CCCCCC(=O)O[C@H](COCCCCCCCCCCCCCCCCCC)COC(=O)CCCCCCCCCCC/C=C\CCCCCCCC. The number of ether oxygens (including phenoxy) is 3. The average molecular weight is 980 g/mol. The van der Waals surface area contributed by atoms with Gasteiger partial charge in [0.05, 0.1) is 6.61 Å². The summed E-state index contributed by atoms with van der Waals surface area (Å²) in [5.74, 6) is -0.419. The Bertz CT molecular complexity index is 1200. The zero-order chi connectivity index (χ0) is 50.6. The van der Waals surface area contributed by atoms with Crippen molar-refractivity contribution in [3.8, 4) is 0 Å². The van der Waals surface area contributed by atoms with Crippen LogP contribution in [0.5, 0.6) is 0 Å². The van der Waals surface area contributed by atoms with Crippen molar-refractivity contribution in [3.05, 3.63) is 60.8 Å². The summed E-state index contributed by atoms with van der Waals surface area (Å²) < 4.78 is 17.5. The first-order valence-electron chi connectivity index (χ1n) is 30.8. The first-order valence-corrected chi connectivity index (χ1v) is 30.8. The average Bonchev–Trinajstić information content (AvgIpc) is 3.36. The molecular weight excluding hydrogens is 861 g/mol. The van der Waals surface area contributed by atoms with Gasteiger partial charge in [0.15, 0.2) is 6.10 Å². The topological polar surface area (TPSA) is 61.8 Å². The molecule has 0 unspecified atom stereocenters. The number of carbonyl (C=O) groups is 2. The van der Waals surface area contributed by atoms with Crippen molar-refractivity contribution in [3.63, 3.8) is 0 Å². The van der Waals surface area contributed by atoms with Crippen LogP contribution in [0.3, 0.4) is 0 Å². The summed E-state index contributed by atoms with van der Waals surface area (Å²) in [6.45, 7) is 7.82. The fourth-order valence-electron chi connectivity index (χ4n) is 8.90. The predicted molar refractivity (Wildman–Crippen MR) is 307 cm³/mol. The lowest BCUT2D eigenvalue weighted by molar-refractivity contribution is -0.163. The van der Waals surface area contributed by atoms with Crippen LogP contribution in [0.15, 0.2) is 60.8 Å². The highest BCUT2D eigenvalue weighted by Gasteiger charge is 2.17. The molecule has 408 valence electrons. The molecule has 0 fully saturated rings. The molecule has 0 radical (unpaired) electrons. The summed E-state index contributed by atoms with van der Waals surface area (Å²) in [7, 11) is 0. The van der Waals surface area contributed by atoms with Gasteiger partial charge in [0.1, 0.15) is 6.61 Å². The van der Waals surface area contributed by atoms with Crippen LogP contribution in [-0.4, -0.2) is 37.9 Å². The third-order valence-electron chi connectivity index (χ3n) is 13.5. The monoisotopic (exact) mass is 979 g/mol. The second kappa shape index (κ2) is 60.9. The van der Waals surface area contributed by atoms with Crippen molar-refractivity contribution in [1.82, 2.24) is 0 Å². The highest BCUT2D eigenvalue weighted by atomic mass is 16.6. The summed E-state index contributed by atoms with van der Waals surface area (Å²) in [4.78, 5) is 25.6. The number of rotatable bonds is 57. The summed E-state index contributed by atoms with van der Waals surface area (Å²) in [6.07, 6.45) is 78.2. The van der Waals surface area contributed by atoms with E-state index in [-0.39, 0.29) is 25.2 Å². The van der Waals surface area contributed by atoms with Crippen molar-refractivity contribution < 1.29 is 23.8 Å². The Balaban J connectivity index is 4.31. The number of esters is 2. The van der Waals surface area contributed by atoms with Crippen molar-refractivity contribution >= 4 is 11.9 Å². The molecule has 1 atom stereocenters. The van der Waals surface area contributed by atoms with Crippen LogP contribution in [0.2, 0.25) is 0 Å². The number of allylic oxidation sites excluding steroid dienone is 10. The molecule has 0 amide bonds. The van der Waals surface area contributed by atoms with Crippen LogP contribution in [-0.2, 0) is 23.8 Å². The van der Waals surface area contributed by atoms with E-state index < -0.39 is 6.10 Å². The molecule has 0 bridgehead atoms. The zero-order valence-electron chi connectivity index (χ0n) is 47.0. The second-order valence-electron chi connectivity index (χ2n) is 20.6. The van der Waals surface area contributed by atoms with Crippen molar-refractivity contribution in [1.29, 1.82) is 0 Å². The Labute approximate surface area is 436 Å². The van der Waals surface area contributed by atoms with Gasteiger partial charge in [0.2, 0.25) is 0 Å². The summed E-state index contributed by atoms with van der Waals surface area (Å²) in [6, 6.07) is 0. The zero-order valence-corrected chi connectivity index (χ0v) is 47.0. The molecule has 0 saturated heterocycles. The molecule has 0 spiro atoms. The van der Waals surface area contributed by atoms with Gasteiger partial charge in [-0.2, -0.15) is 0 Å². The minimum absolute atomic E-state index is 0.0739. The number of unbranched alkanes of at least 4 members (excludes halogenated alkanes) is 36. The van der Waals surface area contributed by atoms with Crippen LogP contribution in [0, 0.1) is 0 Å². The van der Waals surface area contributed by atoms with Gasteiger partial charge < -0.3 is 14.2 Å². The van der Waals surface area contributed by atoms with Crippen LogP contribution in [0.25, 0.3) is 0 Å². The lowest BCUT2D eigenvalue weighted by Gasteiger charge is -2.18. The molecule has 0 saturated carbocycles. The Morgan fingerprint density at radius 2 is 0.600 bits per heavy atom. The molecule has 0 aromatic rings. The van der Waals surface area contributed by atoms with E-state index in [0.29, 0.717) is 19.4 Å². The molecule has 0 rings (SSSR count). The van der Waals surface area contributed by atoms with Gasteiger partial charge in [-0.1, -0.05) is 274 Å². The van der Waals surface area contributed by atoms with Crippen molar-refractivity contribution in [2.24, 2.45) is 0 Å². The fourth-order valence-corrected chi connectivity index (χ4v) is 8.90. The molecule has 0 aliphatic heterocycles. The predicted octanol–water partition coefficient (Wildman–Crippen LogP) is 21.2. The lowest BCUT2D eigenvalue weighted by atomic mass is 10.0. The maximum Gasteiger partial charge on any atom is 0.306 e. The summed E-state index contributed by atoms with van der Waals surface area (Å²) >= 11 is 0. The fraction of sp³-hybridized carbons (Fsp3) is 0.815. The first kappa shape index (κ1) is 67.6. The standard InChI is InChI=1S/C65H118O5/c1-4-7-10-13-16-19-22-25-28-31-33-35-37-40-43-46-49-52-55-58-64(66)69-62-63(61-68-60-57-54-51-48-45-42-39-30-27-24-21-18-15-12-9-6-3)70-65(67)59-56-53-50-47-44-41-38-36-34-32-29-26-23-20-17-14-11-8-5-2/h17,20,25-26,28-29,34,36,41,44,63H,4-16,18-19,21-24,27,30-33,35,37-40,42-43,45-62H2,1-3H3/b20-17-,28-25-,29-26-,36-34-,44-41-/t63-/m1/s1. The van der Waals surface area contributed by atoms with Gasteiger partial charge in [-0.3, -0.25) is 9.59 Å².